The molecule has 17 heavy (non-hydrogen) atoms. The number of rotatable bonds is 2. The number of nitro groups is 1. The first-order valence-corrected chi connectivity index (χ1v) is 5.18. The van der Waals surface area contributed by atoms with Gasteiger partial charge in [-0.25, -0.2) is 4.98 Å². The predicted octanol–water partition coefficient (Wildman–Crippen LogP) is 3.01. The molecule has 0 unspecified atom stereocenters. The highest BCUT2D eigenvalue weighted by atomic mass is 35.5. The Bertz CT molecular complexity index is 587. The zero-order chi connectivity index (χ0) is 12.4. The van der Waals surface area contributed by atoms with Gasteiger partial charge < -0.3 is 0 Å². The van der Waals surface area contributed by atoms with Crippen molar-refractivity contribution < 1.29 is 4.92 Å². The van der Waals surface area contributed by atoms with Gasteiger partial charge in [-0.15, -0.1) is 0 Å². The molecule has 5 nitrogen and oxygen atoms in total. The number of hydrogen-bond donors (Lipinski definition) is 0. The summed E-state index contributed by atoms with van der Waals surface area (Å²) >= 11 is 5.76. The highest BCUT2D eigenvalue weighted by Gasteiger charge is 2.12. The smallest absolute Gasteiger partial charge is 0.264 e. The summed E-state index contributed by atoms with van der Waals surface area (Å²) in [6.45, 7) is 1.88. The minimum Gasteiger partial charge on any atom is -0.264 e. The van der Waals surface area contributed by atoms with Gasteiger partial charge in [-0.2, -0.15) is 0 Å². The highest BCUT2D eigenvalue weighted by molar-refractivity contribution is 6.29. The fraction of sp³-hybridized carbons (Fsp3) is 0.0909. The lowest BCUT2D eigenvalue weighted by Gasteiger charge is -2.04. The van der Waals surface area contributed by atoms with E-state index in [0.29, 0.717) is 5.69 Å². The van der Waals surface area contributed by atoms with E-state index in [2.05, 4.69) is 9.97 Å². The fourth-order valence-electron chi connectivity index (χ4n) is 1.46. The van der Waals surface area contributed by atoms with Crippen LogP contribution in [0, 0.1) is 17.0 Å². The molecule has 0 fully saturated rings. The average Bonchev–Trinajstić information content (AvgIpc) is 2.28. The Morgan fingerprint density at radius 3 is 2.82 bits per heavy atom. The van der Waals surface area contributed by atoms with E-state index in [1.807, 2.05) is 13.0 Å². The van der Waals surface area contributed by atoms with Crippen molar-refractivity contribution in [3.63, 3.8) is 0 Å². The number of aromatic nitrogens is 2. The van der Waals surface area contributed by atoms with Crippen LogP contribution in [-0.4, -0.2) is 14.9 Å². The van der Waals surface area contributed by atoms with E-state index < -0.39 is 4.92 Å². The summed E-state index contributed by atoms with van der Waals surface area (Å²) < 4.78 is 0. The highest BCUT2D eigenvalue weighted by Crippen LogP contribution is 2.26. The van der Waals surface area contributed by atoms with Crippen LogP contribution < -0.4 is 0 Å². The van der Waals surface area contributed by atoms with E-state index in [1.54, 1.807) is 12.4 Å². The third-order valence-corrected chi connectivity index (χ3v) is 2.50. The molecule has 0 aliphatic carbocycles. The molecule has 0 aliphatic heterocycles. The van der Waals surface area contributed by atoms with Crippen molar-refractivity contribution in [1.29, 1.82) is 0 Å². The van der Waals surface area contributed by atoms with Crippen LogP contribution in [0.2, 0.25) is 5.15 Å². The van der Waals surface area contributed by atoms with Crippen molar-refractivity contribution in [1.82, 2.24) is 9.97 Å². The van der Waals surface area contributed by atoms with Gasteiger partial charge in [0, 0.05) is 24.0 Å². The van der Waals surface area contributed by atoms with E-state index in [-0.39, 0.29) is 10.8 Å². The Labute approximate surface area is 102 Å². The number of nitrogens with zero attached hydrogens (tertiary/aromatic N) is 3. The summed E-state index contributed by atoms with van der Waals surface area (Å²) in [6, 6.07) is 4.41. The molecular formula is C11H8ClN3O2. The molecule has 0 saturated carbocycles. The van der Waals surface area contributed by atoms with Crippen molar-refractivity contribution in [2.45, 2.75) is 6.92 Å². The van der Waals surface area contributed by atoms with Crippen molar-refractivity contribution >= 4 is 17.3 Å². The summed E-state index contributed by atoms with van der Waals surface area (Å²) in [7, 11) is 0. The molecule has 0 aliphatic rings. The lowest BCUT2D eigenvalue weighted by molar-refractivity contribution is -0.384. The zero-order valence-electron chi connectivity index (χ0n) is 8.92. The third kappa shape index (κ3) is 2.39. The molecule has 0 aromatic carbocycles. The van der Waals surface area contributed by atoms with E-state index in [9.17, 15) is 10.1 Å². The van der Waals surface area contributed by atoms with Crippen molar-refractivity contribution in [3.8, 4) is 11.3 Å². The second-order valence-electron chi connectivity index (χ2n) is 3.48. The van der Waals surface area contributed by atoms with Crippen molar-refractivity contribution in [2.24, 2.45) is 0 Å². The predicted molar refractivity (Wildman–Crippen MR) is 63.9 cm³/mol. The Morgan fingerprint density at radius 1 is 1.41 bits per heavy atom. The second-order valence-corrected chi connectivity index (χ2v) is 3.87. The van der Waals surface area contributed by atoms with Gasteiger partial charge in [0.2, 0.25) is 0 Å². The Morgan fingerprint density at radius 2 is 2.18 bits per heavy atom. The summed E-state index contributed by atoms with van der Waals surface area (Å²) in [5, 5.41) is 10.8. The largest absolute Gasteiger partial charge is 0.274 e. The molecule has 2 aromatic rings. The van der Waals surface area contributed by atoms with Crippen LogP contribution in [0.3, 0.4) is 0 Å². The minimum absolute atomic E-state index is 0.0803. The van der Waals surface area contributed by atoms with Crippen LogP contribution in [-0.2, 0) is 0 Å². The summed E-state index contributed by atoms with van der Waals surface area (Å²) in [6.07, 6.45) is 3.26. The molecule has 2 aromatic heterocycles. The van der Waals surface area contributed by atoms with Gasteiger partial charge in [0.25, 0.3) is 5.69 Å². The van der Waals surface area contributed by atoms with Crippen LogP contribution in [0.15, 0.2) is 30.6 Å². The van der Waals surface area contributed by atoms with Crippen LogP contribution >= 0.6 is 11.6 Å². The zero-order valence-corrected chi connectivity index (χ0v) is 9.68. The number of pyridine rings is 2. The molecule has 0 atom stereocenters. The average molecular weight is 250 g/mol. The van der Waals surface area contributed by atoms with Crippen molar-refractivity contribution in [2.75, 3.05) is 0 Å². The minimum atomic E-state index is -0.497. The van der Waals surface area contributed by atoms with Crippen LogP contribution in [0.4, 0.5) is 5.69 Å². The topological polar surface area (TPSA) is 68.9 Å². The van der Waals surface area contributed by atoms with Crippen LogP contribution in [0.5, 0.6) is 0 Å². The van der Waals surface area contributed by atoms with Gasteiger partial charge in [0.05, 0.1) is 16.7 Å². The maximum atomic E-state index is 10.7. The van der Waals surface area contributed by atoms with Crippen molar-refractivity contribution in [3.05, 3.63) is 51.4 Å². The summed E-state index contributed by atoms with van der Waals surface area (Å²) in [5.41, 5.74) is 2.04. The van der Waals surface area contributed by atoms with E-state index >= 15 is 0 Å². The lowest BCUT2D eigenvalue weighted by Crippen LogP contribution is -1.93. The fourth-order valence-corrected chi connectivity index (χ4v) is 1.66. The van der Waals surface area contributed by atoms with Crippen LogP contribution in [0.25, 0.3) is 11.3 Å². The first-order chi connectivity index (χ1) is 8.08. The third-order valence-electron chi connectivity index (χ3n) is 2.30. The number of halogens is 1. The van der Waals surface area contributed by atoms with E-state index in [4.69, 9.17) is 11.6 Å². The SMILES string of the molecule is Cc1ccncc1-c1cc([N+](=O)[O-])cc(Cl)n1. The van der Waals surface area contributed by atoms with Gasteiger partial charge in [-0.1, -0.05) is 11.6 Å². The van der Waals surface area contributed by atoms with Gasteiger partial charge in [0.15, 0.2) is 0 Å². The molecule has 0 spiro atoms. The molecule has 0 saturated heterocycles. The Balaban J connectivity index is 2.60. The summed E-state index contributed by atoms with van der Waals surface area (Å²) in [4.78, 5) is 18.3. The van der Waals surface area contributed by atoms with Gasteiger partial charge >= 0.3 is 0 Å². The van der Waals surface area contributed by atoms with Gasteiger partial charge in [-0.05, 0) is 18.6 Å². The Hall–Kier alpha value is -2.01. The number of hydrogen-bond acceptors (Lipinski definition) is 4. The molecule has 0 N–H and O–H groups in total. The maximum Gasteiger partial charge on any atom is 0.274 e. The first-order valence-electron chi connectivity index (χ1n) is 4.81. The molecule has 6 heteroatoms. The molecule has 0 bridgehead atoms. The molecule has 2 heterocycles. The number of aryl methyl sites for hydroxylation is 1. The molecule has 2 rings (SSSR count). The monoisotopic (exact) mass is 249 g/mol. The maximum absolute atomic E-state index is 10.7. The Kier molecular flexibility index (Phi) is 3.01. The van der Waals surface area contributed by atoms with Gasteiger partial charge in [-0.3, -0.25) is 15.1 Å². The first kappa shape index (κ1) is 11.5. The summed E-state index contributed by atoms with van der Waals surface area (Å²) in [5.74, 6) is 0. The molecule has 86 valence electrons. The lowest BCUT2D eigenvalue weighted by atomic mass is 10.1. The van der Waals surface area contributed by atoms with Crippen LogP contribution in [0.1, 0.15) is 5.56 Å². The van der Waals surface area contributed by atoms with E-state index in [0.717, 1.165) is 11.1 Å². The van der Waals surface area contributed by atoms with E-state index in [1.165, 1.54) is 12.1 Å². The molecule has 0 amide bonds. The quantitative estimate of drug-likeness (QED) is 0.466. The normalized spacial score (nSPS) is 10.2. The molecular weight excluding hydrogens is 242 g/mol. The second kappa shape index (κ2) is 4.47. The standard InChI is InChI=1S/C11H8ClN3O2/c1-7-2-3-13-6-9(7)10-4-8(15(16)17)5-11(12)14-10/h2-6H,1H3. The van der Waals surface area contributed by atoms with Gasteiger partial charge in [0.1, 0.15) is 5.15 Å². The molecule has 0 radical (unpaired) electrons.